The van der Waals surface area contributed by atoms with Crippen molar-refractivity contribution in [3.8, 4) is 33.6 Å². The lowest BCUT2D eigenvalue weighted by molar-refractivity contribution is 1.18. The Kier molecular flexibility index (Phi) is 6.18. The third-order valence-electron chi connectivity index (χ3n) is 9.24. The van der Waals surface area contributed by atoms with E-state index in [2.05, 4.69) is 127 Å². The molecule has 5 heteroatoms. The van der Waals surface area contributed by atoms with Gasteiger partial charge in [0.15, 0.2) is 11.4 Å². The molecular weight excluding hydrogens is 587 g/mol. The van der Waals surface area contributed by atoms with E-state index in [-0.39, 0.29) is 0 Å². The molecular formula is C43H25N5. The van der Waals surface area contributed by atoms with Crippen LogP contribution in [0.5, 0.6) is 0 Å². The molecule has 48 heavy (non-hydrogen) atoms. The fraction of sp³-hybridized carbons (Fsp3) is 0. The van der Waals surface area contributed by atoms with Crippen molar-refractivity contribution in [1.29, 1.82) is 0 Å². The van der Waals surface area contributed by atoms with Crippen LogP contribution in [-0.4, -0.2) is 14.1 Å². The SMILES string of the molecule is [C-]#[N+]c1ccc(-c2ccccc2-c2cccc(-n3c4ccccc4c4ccccc43)c2)c(-n2c3ccncc3c3cc([N+]#[C-])ccc32)c1. The van der Waals surface area contributed by atoms with Crippen LogP contribution in [0.25, 0.3) is 86.9 Å². The summed E-state index contributed by atoms with van der Waals surface area (Å²) in [6.07, 6.45) is 3.65. The van der Waals surface area contributed by atoms with Crippen LogP contribution in [-0.2, 0) is 0 Å². The number of fused-ring (bicyclic) bond motifs is 6. The number of para-hydroxylation sites is 2. The lowest BCUT2D eigenvalue weighted by atomic mass is 9.93. The summed E-state index contributed by atoms with van der Waals surface area (Å²) in [7, 11) is 0. The Bertz CT molecular complexity index is 2770. The van der Waals surface area contributed by atoms with Crippen LogP contribution < -0.4 is 0 Å². The van der Waals surface area contributed by atoms with Gasteiger partial charge in [0.1, 0.15) is 0 Å². The van der Waals surface area contributed by atoms with Gasteiger partial charge in [-0.1, -0.05) is 91.0 Å². The molecule has 0 aliphatic heterocycles. The molecule has 0 saturated carbocycles. The van der Waals surface area contributed by atoms with Crippen LogP contribution in [0.15, 0.2) is 152 Å². The Morgan fingerprint density at radius 1 is 0.458 bits per heavy atom. The van der Waals surface area contributed by atoms with Gasteiger partial charge in [0.05, 0.1) is 35.2 Å². The first-order valence-electron chi connectivity index (χ1n) is 15.7. The van der Waals surface area contributed by atoms with Crippen molar-refractivity contribution < 1.29 is 0 Å². The molecule has 0 saturated heterocycles. The van der Waals surface area contributed by atoms with Crippen molar-refractivity contribution in [3.63, 3.8) is 0 Å². The van der Waals surface area contributed by atoms with Gasteiger partial charge >= 0.3 is 0 Å². The maximum atomic E-state index is 7.87. The third kappa shape index (κ3) is 4.13. The molecule has 0 amide bonds. The summed E-state index contributed by atoms with van der Waals surface area (Å²) < 4.78 is 4.55. The summed E-state index contributed by atoms with van der Waals surface area (Å²) in [6, 6.07) is 48.0. The van der Waals surface area contributed by atoms with Gasteiger partial charge in [-0.3, -0.25) is 4.98 Å². The van der Waals surface area contributed by atoms with Gasteiger partial charge in [0.2, 0.25) is 0 Å². The first-order valence-corrected chi connectivity index (χ1v) is 15.7. The minimum Gasteiger partial charge on any atom is -0.310 e. The first kappa shape index (κ1) is 27.4. The van der Waals surface area contributed by atoms with E-state index >= 15 is 0 Å². The van der Waals surface area contributed by atoms with Crippen molar-refractivity contribution in [1.82, 2.24) is 14.1 Å². The van der Waals surface area contributed by atoms with Gasteiger partial charge in [-0.25, -0.2) is 9.69 Å². The zero-order chi connectivity index (χ0) is 32.2. The highest BCUT2D eigenvalue weighted by Gasteiger charge is 2.19. The first-order chi connectivity index (χ1) is 23.7. The predicted octanol–water partition coefficient (Wildman–Crippen LogP) is 11.7. The molecule has 9 aromatic rings. The molecule has 3 aromatic heterocycles. The summed E-state index contributed by atoms with van der Waals surface area (Å²) in [5.41, 5.74) is 11.6. The molecule has 222 valence electrons. The Labute approximate surface area is 276 Å². The lowest BCUT2D eigenvalue weighted by Crippen LogP contribution is -1.98. The number of hydrogen-bond acceptors (Lipinski definition) is 1. The van der Waals surface area contributed by atoms with Crippen LogP contribution in [0.4, 0.5) is 11.4 Å². The second kappa shape index (κ2) is 10.8. The zero-order valence-corrected chi connectivity index (χ0v) is 25.7. The molecule has 0 bridgehead atoms. The molecule has 0 radical (unpaired) electrons. The average molecular weight is 612 g/mol. The molecule has 6 aromatic carbocycles. The highest BCUT2D eigenvalue weighted by molar-refractivity contribution is 6.11. The second-order valence-electron chi connectivity index (χ2n) is 11.8. The highest BCUT2D eigenvalue weighted by Crippen LogP contribution is 2.42. The molecule has 0 spiro atoms. The molecule has 0 N–H and O–H groups in total. The van der Waals surface area contributed by atoms with E-state index in [9.17, 15) is 0 Å². The minimum atomic E-state index is 0.557. The standard InChI is InChI=1S/C43H25N5/c1-44-29-19-21-41-37(25-29)38-27-46-23-22-42(38)48(41)43-26-30(45-2)18-20-36(43)33-13-4-3-12-32(33)28-10-9-11-31(24-28)47-39-16-7-5-14-34(39)35-15-6-8-17-40(35)47/h3-27H. The van der Waals surface area contributed by atoms with Crippen molar-refractivity contribution >= 4 is 55.0 Å². The Hall–Kier alpha value is -6.95. The number of benzene rings is 6. The van der Waals surface area contributed by atoms with Crippen LogP contribution in [0.2, 0.25) is 0 Å². The predicted molar refractivity (Wildman–Crippen MR) is 196 cm³/mol. The number of hydrogen-bond donors (Lipinski definition) is 0. The highest BCUT2D eigenvalue weighted by atomic mass is 15.0. The van der Waals surface area contributed by atoms with Gasteiger partial charge in [0.25, 0.3) is 0 Å². The van der Waals surface area contributed by atoms with E-state index in [0.717, 1.165) is 55.4 Å². The number of pyridine rings is 1. The van der Waals surface area contributed by atoms with Gasteiger partial charge < -0.3 is 9.13 Å². The largest absolute Gasteiger partial charge is 0.310 e. The van der Waals surface area contributed by atoms with Crippen molar-refractivity contribution in [2.45, 2.75) is 0 Å². The van der Waals surface area contributed by atoms with E-state index < -0.39 is 0 Å². The van der Waals surface area contributed by atoms with E-state index in [0.29, 0.717) is 11.4 Å². The van der Waals surface area contributed by atoms with Crippen molar-refractivity contribution in [2.75, 3.05) is 0 Å². The molecule has 0 atom stereocenters. The minimum absolute atomic E-state index is 0.557. The Morgan fingerprint density at radius 2 is 1.10 bits per heavy atom. The number of aromatic nitrogens is 3. The fourth-order valence-electron chi connectivity index (χ4n) is 7.17. The summed E-state index contributed by atoms with van der Waals surface area (Å²) >= 11 is 0. The third-order valence-corrected chi connectivity index (χ3v) is 9.24. The monoisotopic (exact) mass is 611 g/mol. The molecule has 0 unspecified atom stereocenters. The lowest BCUT2D eigenvalue weighted by Gasteiger charge is -2.18. The quantitative estimate of drug-likeness (QED) is 0.182. The summed E-state index contributed by atoms with van der Waals surface area (Å²) in [4.78, 5) is 11.9. The van der Waals surface area contributed by atoms with Crippen LogP contribution >= 0.6 is 0 Å². The number of rotatable bonds is 4. The molecule has 0 aliphatic carbocycles. The van der Waals surface area contributed by atoms with Crippen LogP contribution in [0, 0.1) is 13.1 Å². The maximum absolute atomic E-state index is 7.87. The number of nitrogens with zero attached hydrogens (tertiary/aromatic N) is 5. The normalized spacial score (nSPS) is 11.3. The zero-order valence-electron chi connectivity index (χ0n) is 25.7. The summed E-state index contributed by atoms with van der Waals surface area (Å²) in [5.74, 6) is 0. The topological polar surface area (TPSA) is 31.5 Å². The molecule has 5 nitrogen and oxygen atoms in total. The Balaban J connectivity index is 1.28. The van der Waals surface area contributed by atoms with Gasteiger partial charge in [0, 0.05) is 45.5 Å². The summed E-state index contributed by atoms with van der Waals surface area (Å²) in [5, 5.41) is 4.38. The fourth-order valence-corrected chi connectivity index (χ4v) is 7.17. The van der Waals surface area contributed by atoms with Gasteiger partial charge in [-0.15, -0.1) is 0 Å². The molecule has 3 heterocycles. The molecule has 0 fully saturated rings. The maximum Gasteiger partial charge on any atom is 0.189 e. The van der Waals surface area contributed by atoms with Gasteiger partial charge in [-0.2, -0.15) is 0 Å². The smallest absolute Gasteiger partial charge is 0.189 e. The molecule has 9 rings (SSSR count). The van der Waals surface area contributed by atoms with E-state index in [1.54, 1.807) is 6.20 Å². The van der Waals surface area contributed by atoms with E-state index in [4.69, 9.17) is 13.1 Å². The summed E-state index contributed by atoms with van der Waals surface area (Å²) in [6.45, 7) is 15.5. The second-order valence-corrected chi connectivity index (χ2v) is 11.8. The average Bonchev–Trinajstić information content (AvgIpc) is 3.67. The molecule has 0 aliphatic rings. The van der Waals surface area contributed by atoms with Gasteiger partial charge in [-0.05, 0) is 70.6 Å². The van der Waals surface area contributed by atoms with E-state index in [1.807, 2.05) is 42.6 Å². The van der Waals surface area contributed by atoms with Crippen molar-refractivity contribution in [2.24, 2.45) is 0 Å². The Morgan fingerprint density at radius 3 is 1.88 bits per heavy atom. The van der Waals surface area contributed by atoms with Crippen LogP contribution in [0.3, 0.4) is 0 Å². The van der Waals surface area contributed by atoms with E-state index in [1.165, 1.54) is 21.8 Å². The van der Waals surface area contributed by atoms with Crippen LogP contribution in [0.1, 0.15) is 0 Å². The van der Waals surface area contributed by atoms with Crippen molar-refractivity contribution in [3.05, 3.63) is 175 Å².